The van der Waals surface area contributed by atoms with Gasteiger partial charge < -0.3 is 10.1 Å². The average Bonchev–Trinajstić information content (AvgIpc) is 3.01. The highest BCUT2D eigenvalue weighted by Crippen LogP contribution is 2.20. The topological polar surface area (TPSA) is 81.9 Å². The third kappa shape index (κ3) is 5.24. The quantitative estimate of drug-likeness (QED) is 0.742. The molecule has 1 amide bonds. The molecule has 0 saturated carbocycles. The van der Waals surface area contributed by atoms with Gasteiger partial charge in [-0.25, -0.2) is 0 Å². The van der Waals surface area contributed by atoms with E-state index in [-0.39, 0.29) is 11.7 Å². The smallest absolute Gasteiger partial charge is 0.230 e. The highest BCUT2D eigenvalue weighted by molar-refractivity contribution is 7.99. The molecule has 7 nitrogen and oxygen atoms in total. The van der Waals surface area contributed by atoms with Crippen molar-refractivity contribution in [1.82, 2.24) is 25.5 Å². The highest BCUT2D eigenvalue weighted by Gasteiger charge is 2.11. The maximum atomic E-state index is 11.8. The maximum absolute atomic E-state index is 11.8. The van der Waals surface area contributed by atoms with Crippen LogP contribution in [-0.2, 0) is 4.79 Å². The minimum atomic E-state index is -0.0140. The number of benzene rings is 1. The molecule has 0 aliphatic rings. The number of hydrogen-bond donors (Lipinski definition) is 1. The van der Waals surface area contributed by atoms with Gasteiger partial charge in [0, 0.05) is 6.54 Å². The van der Waals surface area contributed by atoms with E-state index in [2.05, 4.69) is 34.7 Å². The fourth-order valence-corrected chi connectivity index (χ4v) is 2.56. The van der Waals surface area contributed by atoms with Crippen molar-refractivity contribution in [3.05, 3.63) is 24.3 Å². The number of nitrogens with one attached hydrogen (secondary N) is 1. The molecule has 0 bridgehead atoms. The molecule has 1 aromatic heterocycles. The summed E-state index contributed by atoms with van der Waals surface area (Å²) in [7, 11) is 1.62. The molecule has 0 aliphatic heterocycles. The molecule has 0 radical (unpaired) electrons. The SMILES string of the molecule is COc1ccc(-n2nnnc2SCC(=O)NCCC(C)C)cc1. The van der Waals surface area contributed by atoms with Gasteiger partial charge in [0.1, 0.15) is 5.75 Å². The minimum absolute atomic E-state index is 0.0140. The van der Waals surface area contributed by atoms with Gasteiger partial charge >= 0.3 is 0 Å². The molecule has 23 heavy (non-hydrogen) atoms. The first kappa shape index (κ1) is 17.3. The Labute approximate surface area is 139 Å². The fraction of sp³-hybridized carbons (Fsp3) is 0.467. The average molecular weight is 335 g/mol. The number of nitrogens with zero attached hydrogens (tertiary/aromatic N) is 4. The molecular weight excluding hydrogens is 314 g/mol. The van der Waals surface area contributed by atoms with Crippen molar-refractivity contribution in [1.29, 1.82) is 0 Å². The first-order valence-corrected chi connectivity index (χ1v) is 8.41. The molecule has 0 unspecified atom stereocenters. The van der Waals surface area contributed by atoms with E-state index in [1.807, 2.05) is 24.3 Å². The number of methoxy groups -OCH3 is 1. The van der Waals surface area contributed by atoms with Gasteiger partial charge in [0.25, 0.3) is 0 Å². The molecule has 124 valence electrons. The number of aromatic nitrogens is 4. The van der Waals surface area contributed by atoms with E-state index in [9.17, 15) is 4.79 Å². The van der Waals surface area contributed by atoms with Crippen LogP contribution in [0.25, 0.3) is 5.69 Å². The van der Waals surface area contributed by atoms with Crippen LogP contribution in [0.2, 0.25) is 0 Å². The summed E-state index contributed by atoms with van der Waals surface area (Å²) in [5, 5.41) is 15.1. The lowest BCUT2D eigenvalue weighted by molar-refractivity contribution is -0.118. The summed E-state index contributed by atoms with van der Waals surface area (Å²) in [5.41, 5.74) is 0.818. The number of ether oxygens (including phenoxy) is 1. The molecule has 2 aromatic rings. The second-order valence-electron chi connectivity index (χ2n) is 5.39. The lowest BCUT2D eigenvalue weighted by atomic mass is 10.1. The highest BCUT2D eigenvalue weighted by atomic mass is 32.2. The van der Waals surface area contributed by atoms with E-state index in [0.29, 0.717) is 17.6 Å². The van der Waals surface area contributed by atoms with Crippen LogP contribution in [0.1, 0.15) is 20.3 Å². The van der Waals surface area contributed by atoms with E-state index < -0.39 is 0 Å². The van der Waals surface area contributed by atoms with Crippen molar-refractivity contribution in [2.45, 2.75) is 25.4 Å². The van der Waals surface area contributed by atoms with Crippen LogP contribution in [0.15, 0.2) is 29.4 Å². The minimum Gasteiger partial charge on any atom is -0.497 e. The molecule has 1 aromatic carbocycles. The van der Waals surface area contributed by atoms with E-state index in [0.717, 1.165) is 17.9 Å². The number of carbonyl (C=O) groups excluding carboxylic acids is 1. The third-order valence-electron chi connectivity index (χ3n) is 3.13. The Balaban J connectivity index is 1.91. The van der Waals surface area contributed by atoms with Crippen molar-refractivity contribution in [2.24, 2.45) is 5.92 Å². The lowest BCUT2D eigenvalue weighted by Crippen LogP contribution is -2.27. The van der Waals surface area contributed by atoms with E-state index >= 15 is 0 Å². The Morgan fingerprint density at radius 1 is 1.35 bits per heavy atom. The number of carbonyl (C=O) groups is 1. The predicted molar refractivity (Wildman–Crippen MR) is 88.9 cm³/mol. The maximum Gasteiger partial charge on any atom is 0.230 e. The van der Waals surface area contributed by atoms with Crippen molar-refractivity contribution >= 4 is 17.7 Å². The van der Waals surface area contributed by atoms with Crippen LogP contribution in [0.5, 0.6) is 5.75 Å². The largest absolute Gasteiger partial charge is 0.497 e. The molecule has 1 N–H and O–H groups in total. The zero-order valence-electron chi connectivity index (χ0n) is 13.5. The summed E-state index contributed by atoms with van der Waals surface area (Å²) < 4.78 is 6.73. The summed E-state index contributed by atoms with van der Waals surface area (Å²) in [5.74, 6) is 1.61. The number of tetrazole rings is 1. The van der Waals surface area contributed by atoms with Crippen LogP contribution in [0.3, 0.4) is 0 Å². The Morgan fingerprint density at radius 2 is 2.09 bits per heavy atom. The summed E-state index contributed by atoms with van der Waals surface area (Å²) in [6.45, 7) is 4.95. The monoisotopic (exact) mass is 335 g/mol. The number of thioether (sulfide) groups is 1. The Kier molecular flexibility index (Phi) is 6.40. The van der Waals surface area contributed by atoms with Gasteiger partial charge in [0.05, 0.1) is 18.6 Å². The Hall–Kier alpha value is -2.09. The van der Waals surface area contributed by atoms with Gasteiger partial charge in [-0.3, -0.25) is 4.79 Å². The molecule has 1 heterocycles. The van der Waals surface area contributed by atoms with Gasteiger partial charge in [-0.2, -0.15) is 4.68 Å². The summed E-state index contributed by atoms with van der Waals surface area (Å²) in [4.78, 5) is 11.8. The molecule has 0 fully saturated rings. The van der Waals surface area contributed by atoms with Gasteiger partial charge in [-0.05, 0) is 47.0 Å². The zero-order chi connectivity index (χ0) is 16.7. The zero-order valence-corrected chi connectivity index (χ0v) is 14.3. The second kappa shape index (κ2) is 8.52. The van der Waals surface area contributed by atoms with Crippen LogP contribution < -0.4 is 10.1 Å². The molecule has 2 rings (SSSR count). The molecule has 0 atom stereocenters. The predicted octanol–water partition coefficient (Wildman–Crippen LogP) is 1.93. The van der Waals surface area contributed by atoms with E-state index in [1.165, 1.54) is 11.8 Å². The van der Waals surface area contributed by atoms with Crippen molar-refractivity contribution in [3.8, 4) is 11.4 Å². The number of rotatable bonds is 8. The normalized spacial score (nSPS) is 10.8. The number of hydrogen-bond acceptors (Lipinski definition) is 6. The lowest BCUT2D eigenvalue weighted by Gasteiger charge is -2.07. The van der Waals surface area contributed by atoms with E-state index in [4.69, 9.17) is 4.74 Å². The standard InChI is InChI=1S/C15H21N5O2S/c1-11(2)8-9-16-14(21)10-23-15-17-18-19-20(15)12-4-6-13(22-3)7-5-12/h4-7,11H,8-10H2,1-3H3,(H,16,21). The van der Waals surface area contributed by atoms with Gasteiger partial charge in [-0.1, -0.05) is 25.6 Å². The molecule has 0 aliphatic carbocycles. The van der Waals surface area contributed by atoms with Gasteiger partial charge in [0.15, 0.2) is 0 Å². The molecular formula is C15H21N5O2S. The van der Waals surface area contributed by atoms with Crippen LogP contribution in [0.4, 0.5) is 0 Å². The van der Waals surface area contributed by atoms with Gasteiger partial charge in [0.2, 0.25) is 11.1 Å². The van der Waals surface area contributed by atoms with Crippen molar-refractivity contribution in [3.63, 3.8) is 0 Å². The van der Waals surface area contributed by atoms with Gasteiger partial charge in [-0.15, -0.1) is 5.10 Å². The van der Waals surface area contributed by atoms with E-state index in [1.54, 1.807) is 11.8 Å². The summed E-state index contributed by atoms with van der Waals surface area (Å²) in [6, 6.07) is 7.40. The van der Waals surface area contributed by atoms with Crippen molar-refractivity contribution in [2.75, 3.05) is 19.4 Å². The molecule has 0 saturated heterocycles. The summed E-state index contributed by atoms with van der Waals surface area (Å²) in [6.07, 6.45) is 0.972. The Bertz CT molecular complexity index is 627. The first-order valence-electron chi connectivity index (χ1n) is 7.42. The van der Waals surface area contributed by atoms with Crippen LogP contribution in [0, 0.1) is 5.92 Å². The van der Waals surface area contributed by atoms with Crippen LogP contribution >= 0.6 is 11.8 Å². The number of amides is 1. The fourth-order valence-electron chi connectivity index (χ4n) is 1.84. The Morgan fingerprint density at radius 3 is 2.74 bits per heavy atom. The van der Waals surface area contributed by atoms with Crippen LogP contribution in [-0.4, -0.2) is 45.5 Å². The second-order valence-corrected chi connectivity index (χ2v) is 6.33. The summed E-state index contributed by atoms with van der Waals surface area (Å²) >= 11 is 1.31. The molecule has 8 heteroatoms. The third-order valence-corrected chi connectivity index (χ3v) is 4.05. The molecule has 0 spiro atoms. The first-order chi connectivity index (χ1) is 11.1. The van der Waals surface area contributed by atoms with Crippen molar-refractivity contribution < 1.29 is 9.53 Å².